The minimum absolute atomic E-state index is 0.839. The van der Waals surface area contributed by atoms with Gasteiger partial charge < -0.3 is 0 Å². The molecule has 0 aromatic heterocycles. The van der Waals surface area contributed by atoms with Crippen LogP contribution in [0.1, 0.15) is 129 Å². The molecule has 0 unspecified atom stereocenters. The maximum atomic E-state index is 5.70. The van der Waals surface area contributed by atoms with E-state index in [1.807, 2.05) is 23.5 Å². The average molecular weight is 467 g/mol. The van der Waals surface area contributed by atoms with Crippen molar-refractivity contribution in [2.75, 3.05) is 17.4 Å². The highest BCUT2D eigenvalue weighted by atomic mass is 35.5. The first-order chi connectivity index (χ1) is 13.8. The summed E-state index contributed by atoms with van der Waals surface area (Å²) in [6.45, 7) is 2.26. The van der Waals surface area contributed by atoms with Gasteiger partial charge in [0.05, 0.1) is 0 Å². The van der Waals surface area contributed by atoms with E-state index in [0.717, 1.165) is 5.88 Å². The molecule has 0 aromatic rings. The number of thioether (sulfide) groups is 2. The van der Waals surface area contributed by atoms with Crippen LogP contribution in [0, 0.1) is 0 Å². The van der Waals surface area contributed by atoms with Gasteiger partial charge in [0.1, 0.15) is 3.53 Å². The highest BCUT2D eigenvalue weighted by molar-refractivity contribution is 8.47. The van der Waals surface area contributed by atoms with Gasteiger partial charge in [0, 0.05) is 5.88 Å². The Balaban J connectivity index is 3.07. The summed E-state index contributed by atoms with van der Waals surface area (Å²) in [7, 11) is 0. The quantitative estimate of drug-likeness (QED) is 0.0883. The summed E-state index contributed by atoms with van der Waals surface area (Å²) in [6, 6.07) is 0. The third-order valence-electron chi connectivity index (χ3n) is 5.22. The zero-order valence-corrected chi connectivity index (χ0v) is 21.9. The zero-order chi connectivity index (χ0) is 20.5. The topological polar surface area (TPSA) is 0 Å². The van der Waals surface area contributed by atoms with Gasteiger partial charge in [0.15, 0.2) is 0 Å². The first kappa shape index (κ1) is 29.1. The lowest BCUT2D eigenvalue weighted by Gasteiger charge is -2.04. The number of rotatable bonds is 22. The molecule has 0 aliphatic heterocycles. The molecular weight excluding hydrogens is 420 g/mol. The van der Waals surface area contributed by atoms with Crippen molar-refractivity contribution in [1.29, 1.82) is 0 Å². The van der Waals surface area contributed by atoms with Crippen LogP contribution in [0.25, 0.3) is 0 Å². The normalized spacial score (nSPS) is 11.2. The van der Waals surface area contributed by atoms with Crippen LogP contribution in [0.3, 0.4) is 0 Å². The van der Waals surface area contributed by atoms with Crippen molar-refractivity contribution >= 4 is 50.9 Å². The summed E-state index contributed by atoms with van der Waals surface area (Å²) >= 11 is 14.9. The third kappa shape index (κ3) is 25.1. The average Bonchev–Trinajstić information content (AvgIpc) is 2.70. The van der Waals surface area contributed by atoms with E-state index in [1.165, 1.54) is 137 Å². The second kappa shape index (κ2) is 26.1. The van der Waals surface area contributed by atoms with E-state index in [0.29, 0.717) is 0 Å². The van der Waals surface area contributed by atoms with Crippen LogP contribution in [0.4, 0.5) is 0 Å². The summed E-state index contributed by atoms with van der Waals surface area (Å²) in [5.74, 6) is 3.28. The molecule has 0 amide bonds. The fourth-order valence-corrected chi connectivity index (χ4v) is 5.93. The Hall–Kier alpha value is 1.08. The molecule has 0 nitrogen and oxygen atoms in total. The van der Waals surface area contributed by atoms with Crippen LogP contribution < -0.4 is 0 Å². The zero-order valence-electron chi connectivity index (χ0n) is 18.7. The van der Waals surface area contributed by atoms with Crippen molar-refractivity contribution in [2.24, 2.45) is 0 Å². The number of hydrogen-bond acceptors (Lipinski definition) is 3. The van der Waals surface area contributed by atoms with Crippen molar-refractivity contribution in [3.8, 4) is 0 Å². The third-order valence-corrected chi connectivity index (χ3v) is 8.35. The van der Waals surface area contributed by atoms with Crippen LogP contribution in [0.5, 0.6) is 0 Å². The lowest BCUT2D eigenvalue weighted by molar-refractivity contribution is 0.532. The molecule has 28 heavy (non-hydrogen) atoms. The van der Waals surface area contributed by atoms with Gasteiger partial charge in [-0.1, -0.05) is 122 Å². The van der Waals surface area contributed by atoms with Crippen molar-refractivity contribution in [3.63, 3.8) is 0 Å². The molecule has 0 spiro atoms. The molecule has 0 saturated heterocycles. The molecule has 0 N–H and O–H groups in total. The molecule has 0 saturated carbocycles. The molecule has 0 fully saturated rings. The van der Waals surface area contributed by atoms with Crippen molar-refractivity contribution in [3.05, 3.63) is 0 Å². The summed E-state index contributed by atoms with van der Waals surface area (Å²) in [4.78, 5) is 0. The minimum Gasteiger partial charge on any atom is -0.127 e. The summed E-state index contributed by atoms with van der Waals surface area (Å²) in [5, 5.41) is 0. The predicted octanol–water partition coefficient (Wildman–Crippen LogP) is 10.4. The van der Waals surface area contributed by atoms with Crippen LogP contribution in [-0.2, 0) is 0 Å². The van der Waals surface area contributed by atoms with E-state index >= 15 is 0 Å². The van der Waals surface area contributed by atoms with Crippen molar-refractivity contribution in [2.45, 2.75) is 129 Å². The fraction of sp³-hybridized carbons (Fsp3) is 0.958. The molecule has 4 heteroatoms. The first-order valence-corrected chi connectivity index (χ1v) is 15.1. The number of halogens is 1. The van der Waals surface area contributed by atoms with Crippen LogP contribution in [0.15, 0.2) is 0 Å². The van der Waals surface area contributed by atoms with Gasteiger partial charge in [0.2, 0.25) is 0 Å². The number of hydrogen-bond donors (Lipinski definition) is 0. The molecule has 0 atom stereocenters. The van der Waals surface area contributed by atoms with Gasteiger partial charge in [0.25, 0.3) is 0 Å². The van der Waals surface area contributed by atoms with Gasteiger partial charge >= 0.3 is 0 Å². The molecule has 0 aliphatic rings. The highest BCUT2D eigenvalue weighted by Crippen LogP contribution is 2.21. The standard InChI is InChI=1S/C24H47ClS3/c1-2-3-19-22-27-24(26)28-23-20-17-15-13-11-9-7-5-4-6-8-10-12-14-16-18-21-25/h2-23H2,1H3. The van der Waals surface area contributed by atoms with E-state index in [4.69, 9.17) is 23.8 Å². The Bertz CT molecular complexity index is 310. The molecular formula is C24H47ClS3. The first-order valence-electron chi connectivity index (χ1n) is 12.2. The Labute approximate surface area is 196 Å². The smallest absolute Gasteiger partial charge is 0.104 e. The molecule has 0 aliphatic carbocycles. The Morgan fingerprint density at radius 2 is 0.857 bits per heavy atom. The minimum atomic E-state index is 0.839. The predicted molar refractivity (Wildman–Crippen MR) is 142 cm³/mol. The van der Waals surface area contributed by atoms with Gasteiger partial charge in [-0.25, -0.2) is 0 Å². The van der Waals surface area contributed by atoms with Crippen molar-refractivity contribution < 1.29 is 0 Å². The second-order valence-corrected chi connectivity index (χ2v) is 11.8. The van der Waals surface area contributed by atoms with Gasteiger partial charge in [-0.15, -0.1) is 35.1 Å². The number of unbranched alkanes of at least 4 members (excludes halogenated alkanes) is 17. The van der Waals surface area contributed by atoms with Crippen LogP contribution >= 0.6 is 47.3 Å². The van der Waals surface area contributed by atoms with Gasteiger partial charge in [-0.2, -0.15) is 0 Å². The monoisotopic (exact) mass is 466 g/mol. The Morgan fingerprint density at radius 3 is 1.21 bits per heavy atom. The lowest BCUT2D eigenvalue weighted by atomic mass is 10.0. The van der Waals surface area contributed by atoms with Crippen LogP contribution in [-0.4, -0.2) is 20.9 Å². The number of thiocarbonyl (C=S) groups is 1. The van der Waals surface area contributed by atoms with Crippen molar-refractivity contribution in [1.82, 2.24) is 0 Å². The lowest BCUT2D eigenvalue weighted by Crippen LogP contribution is -1.89. The van der Waals surface area contributed by atoms with E-state index in [2.05, 4.69) is 6.92 Å². The summed E-state index contributed by atoms with van der Waals surface area (Å²) in [5.41, 5.74) is 0. The maximum Gasteiger partial charge on any atom is 0.104 e. The van der Waals surface area contributed by atoms with Crippen LogP contribution in [0.2, 0.25) is 0 Å². The van der Waals surface area contributed by atoms with E-state index < -0.39 is 0 Å². The fourth-order valence-electron chi connectivity index (χ4n) is 3.38. The number of alkyl halides is 1. The Morgan fingerprint density at radius 1 is 0.536 bits per heavy atom. The van der Waals surface area contributed by atoms with Gasteiger partial charge in [-0.05, 0) is 30.8 Å². The molecule has 0 rings (SSSR count). The second-order valence-electron chi connectivity index (χ2n) is 8.00. The van der Waals surface area contributed by atoms with E-state index in [1.54, 1.807) is 0 Å². The van der Waals surface area contributed by atoms with E-state index in [9.17, 15) is 0 Å². The summed E-state index contributed by atoms with van der Waals surface area (Å²) < 4.78 is 1.17. The molecule has 0 bridgehead atoms. The molecule has 0 radical (unpaired) electrons. The SMILES string of the molecule is CCCCCSC(=S)SCCCCCCCCCCCCCCCCCCCl. The Kier molecular flexibility index (Phi) is 27.1. The van der Waals surface area contributed by atoms with E-state index in [-0.39, 0.29) is 0 Å². The highest BCUT2D eigenvalue weighted by Gasteiger charge is 1.99. The summed E-state index contributed by atoms with van der Waals surface area (Å²) in [6.07, 6.45) is 26.5. The largest absolute Gasteiger partial charge is 0.127 e. The van der Waals surface area contributed by atoms with Gasteiger partial charge in [-0.3, -0.25) is 0 Å². The molecule has 0 aromatic carbocycles. The maximum absolute atomic E-state index is 5.70. The molecule has 168 valence electrons. The molecule has 0 heterocycles.